The molecule has 0 aromatic rings. The van der Waals surface area contributed by atoms with E-state index in [0.717, 1.165) is 0 Å². The van der Waals surface area contributed by atoms with Crippen LogP contribution in [0.2, 0.25) is 0 Å². The van der Waals surface area contributed by atoms with Gasteiger partial charge in [0.15, 0.2) is 12.4 Å². The molecule has 0 unspecified atom stereocenters. The van der Waals surface area contributed by atoms with E-state index in [9.17, 15) is 30.4 Å². The molecule has 0 aromatic heterocycles. The molecule has 1 rings (SSSR count). The van der Waals surface area contributed by atoms with E-state index in [2.05, 4.69) is 12.5 Å². The van der Waals surface area contributed by atoms with Crippen LogP contribution < -0.4 is 0 Å². The number of rotatable bonds is 6. The largest absolute Gasteiger partial charge is 0.366 e. The molecule has 0 amide bonds. The van der Waals surface area contributed by atoms with Gasteiger partial charge in [0.05, 0.1) is 25.4 Å². The second-order valence-corrected chi connectivity index (χ2v) is 9.39. The van der Waals surface area contributed by atoms with Crippen LogP contribution in [0.5, 0.6) is 0 Å². The highest BCUT2D eigenvalue weighted by atomic mass is 32.2. The van der Waals surface area contributed by atoms with Gasteiger partial charge in [-0.05, 0) is 0 Å². The van der Waals surface area contributed by atoms with Crippen LogP contribution in [0.4, 0.5) is 0 Å². The summed E-state index contributed by atoms with van der Waals surface area (Å²) in [7, 11) is -12.3. The molecule has 22 heavy (non-hydrogen) atoms. The highest BCUT2D eigenvalue weighted by molar-refractivity contribution is 7.86. The molecule has 0 aromatic carbocycles. The maximum atomic E-state index is 11.3. The maximum Gasteiger partial charge on any atom is 0.264 e. The Morgan fingerprint density at radius 2 is 1.23 bits per heavy atom. The van der Waals surface area contributed by atoms with Crippen LogP contribution in [0.25, 0.3) is 0 Å². The van der Waals surface area contributed by atoms with Crippen molar-refractivity contribution in [2.45, 2.75) is 24.6 Å². The van der Waals surface area contributed by atoms with Gasteiger partial charge in [-0.15, -0.1) is 0 Å². The predicted molar refractivity (Wildman–Crippen MR) is 71.1 cm³/mol. The summed E-state index contributed by atoms with van der Waals surface area (Å²) in [5.74, 6) is 0. The second-order valence-electron chi connectivity index (χ2n) is 4.59. The minimum Gasteiger partial charge on any atom is -0.366 e. The van der Waals surface area contributed by atoms with Crippen LogP contribution in [0.15, 0.2) is 0 Å². The molecular weight excluding hydrogens is 368 g/mol. The number of hydrogen-bond donors (Lipinski definition) is 1. The third-order valence-corrected chi connectivity index (χ3v) is 4.01. The molecule has 4 atom stereocenters. The number of ether oxygens (including phenoxy) is 1. The molecule has 0 saturated carbocycles. The Morgan fingerprint density at radius 3 is 1.64 bits per heavy atom. The Bertz CT molecular complexity index is 692. The number of aliphatic hydroxyl groups is 1. The van der Waals surface area contributed by atoms with Crippen LogP contribution in [0.1, 0.15) is 0 Å². The van der Waals surface area contributed by atoms with Gasteiger partial charge in [-0.25, -0.2) is 0 Å². The molecule has 132 valence electrons. The molecule has 0 bridgehead atoms. The minimum absolute atomic E-state index is 0.557. The molecule has 0 radical (unpaired) electrons. The first-order chi connectivity index (χ1) is 9.68. The molecule has 1 heterocycles. The molecule has 1 aliphatic heterocycles. The SMILES string of the molecule is CS(=O)(=O)O[C@H]1[C@H](OS(C)(=O)=O)[C@H](OS(C)(=O)=O)CO[C@H]1O. The topological polar surface area (TPSA) is 160 Å². The lowest BCUT2D eigenvalue weighted by atomic mass is 10.1. The van der Waals surface area contributed by atoms with E-state index in [1.54, 1.807) is 0 Å². The summed E-state index contributed by atoms with van der Waals surface area (Å²) < 4.78 is 85.8. The summed E-state index contributed by atoms with van der Waals surface area (Å²) in [4.78, 5) is 0. The standard InChI is InChI=1S/C8H16O11S3/c1-20(10,11)17-5-4-16-8(9)7(19-22(3,14)15)6(5)18-21(2,12)13/h5-9H,4H2,1-3H3/t5-,6-,7+,8-/m1/s1. The van der Waals surface area contributed by atoms with Crippen molar-refractivity contribution in [1.82, 2.24) is 0 Å². The third-order valence-electron chi connectivity index (χ3n) is 2.27. The molecule has 14 heteroatoms. The van der Waals surface area contributed by atoms with Gasteiger partial charge in [0.2, 0.25) is 0 Å². The van der Waals surface area contributed by atoms with E-state index in [-0.39, 0.29) is 0 Å². The fraction of sp³-hybridized carbons (Fsp3) is 1.00. The Kier molecular flexibility index (Phi) is 5.95. The Labute approximate surface area is 128 Å². The normalized spacial score (nSPS) is 31.1. The molecule has 1 N–H and O–H groups in total. The smallest absolute Gasteiger partial charge is 0.264 e. The zero-order valence-corrected chi connectivity index (χ0v) is 14.2. The van der Waals surface area contributed by atoms with E-state index in [4.69, 9.17) is 4.74 Å². The molecule has 0 aliphatic carbocycles. The first-order valence-corrected chi connectivity index (χ1v) is 11.1. The van der Waals surface area contributed by atoms with Gasteiger partial charge in [-0.2, -0.15) is 25.3 Å². The fourth-order valence-corrected chi connectivity index (χ4v) is 3.55. The van der Waals surface area contributed by atoms with Gasteiger partial charge < -0.3 is 9.84 Å². The summed E-state index contributed by atoms with van der Waals surface area (Å²) in [5.41, 5.74) is 0. The lowest BCUT2D eigenvalue weighted by Crippen LogP contribution is -2.57. The van der Waals surface area contributed by atoms with Crippen LogP contribution in [-0.2, 0) is 47.6 Å². The molecule has 11 nitrogen and oxygen atoms in total. The second kappa shape index (κ2) is 6.64. The quantitative estimate of drug-likeness (QED) is 0.477. The van der Waals surface area contributed by atoms with E-state index in [0.29, 0.717) is 18.8 Å². The summed E-state index contributed by atoms with van der Waals surface area (Å²) in [6.07, 6.45) is -4.96. The first kappa shape index (κ1) is 19.7. The van der Waals surface area contributed by atoms with Crippen LogP contribution in [0, 0.1) is 0 Å². The highest BCUT2D eigenvalue weighted by Gasteiger charge is 2.47. The van der Waals surface area contributed by atoms with Crippen molar-refractivity contribution >= 4 is 30.4 Å². The predicted octanol–water partition coefficient (Wildman–Crippen LogP) is -2.63. The summed E-state index contributed by atoms with van der Waals surface area (Å²) in [5, 5.41) is 9.62. The van der Waals surface area contributed by atoms with E-state index in [1.165, 1.54) is 0 Å². The van der Waals surface area contributed by atoms with Crippen molar-refractivity contribution in [3.05, 3.63) is 0 Å². The average molecular weight is 384 g/mol. The van der Waals surface area contributed by atoms with Crippen molar-refractivity contribution in [3.8, 4) is 0 Å². The Balaban J connectivity index is 3.17. The summed E-state index contributed by atoms with van der Waals surface area (Å²) >= 11 is 0. The van der Waals surface area contributed by atoms with Gasteiger partial charge in [-0.3, -0.25) is 12.5 Å². The van der Waals surface area contributed by atoms with Gasteiger partial charge in [0.25, 0.3) is 30.4 Å². The molecule has 1 fully saturated rings. The zero-order valence-electron chi connectivity index (χ0n) is 11.8. The Morgan fingerprint density at radius 1 is 0.818 bits per heavy atom. The third kappa shape index (κ3) is 6.82. The van der Waals surface area contributed by atoms with Crippen molar-refractivity contribution in [1.29, 1.82) is 0 Å². The highest BCUT2D eigenvalue weighted by Crippen LogP contribution is 2.25. The van der Waals surface area contributed by atoms with Gasteiger partial charge in [0.1, 0.15) is 12.2 Å². The van der Waals surface area contributed by atoms with Crippen LogP contribution in [-0.4, -0.2) is 80.3 Å². The monoisotopic (exact) mass is 384 g/mol. The fourth-order valence-electron chi connectivity index (χ4n) is 1.69. The summed E-state index contributed by atoms with van der Waals surface area (Å²) in [6.45, 7) is -0.557. The van der Waals surface area contributed by atoms with Gasteiger partial charge in [0, 0.05) is 0 Å². The van der Waals surface area contributed by atoms with E-state index >= 15 is 0 Å². The van der Waals surface area contributed by atoms with E-state index in [1.807, 2.05) is 0 Å². The molecule has 0 spiro atoms. The molecule has 1 saturated heterocycles. The van der Waals surface area contributed by atoms with E-state index < -0.39 is 61.6 Å². The van der Waals surface area contributed by atoms with Crippen molar-refractivity contribution in [3.63, 3.8) is 0 Å². The summed E-state index contributed by atoms with van der Waals surface area (Å²) in [6, 6.07) is 0. The zero-order chi connectivity index (χ0) is 17.3. The minimum atomic E-state index is -4.14. The lowest BCUT2D eigenvalue weighted by molar-refractivity contribution is -0.232. The number of aliphatic hydroxyl groups excluding tert-OH is 1. The van der Waals surface area contributed by atoms with Crippen molar-refractivity contribution in [2.24, 2.45) is 0 Å². The number of hydrogen-bond acceptors (Lipinski definition) is 11. The van der Waals surface area contributed by atoms with Gasteiger partial charge in [-0.1, -0.05) is 0 Å². The van der Waals surface area contributed by atoms with Crippen molar-refractivity contribution in [2.75, 3.05) is 25.4 Å². The Hall–Kier alpha value is -0.350. The van der Waals surface area contributed by atoms with Crippen LogP contribution in [0.3, 0.4) is 0 Å². The molecular formula is C8H16O11S3. The first-order valence-electron chi connectivity index (χ1n) is 5.62. The molecule has 1 aliphatic rings. The van der Waals surface area contributed by atoms with Crippen LogP contribution >= 0.6 is 0 Å². The van der Waals surface area contributed by atoms with Gasteiger partial charge >= 0.3 is 0 Å². The van der Waals surface area contributed by atoms with Crippen molar-refractivity contribution < 1.29 is 47.6 Å². The average Bonchev–Trinajstić information content (AvgIpc) is 2.22. The lowest BCUT2D eigenvalue weighted by Gasteiger charge is -2.37. The maximum absolute atomic E-state index is 11.3.